The molecule has 80 valence electrons. The second kappa shape index (κ2) is 2.65. The number of carbonyl (C=O) groups is 1. The lowest BCUT2D eigenvalue weighted by Crippen LogP contribution is -2.43. The normalized spacial score (nSPS) is 43.9. The van der Waals surface area contributed by atoms with E-state index in [9.17, 15) is 4.79 Å². The molecule has 14 heavy (non-hydrogen) atoms. The Morgan fingerprint density at radius 3 is 2.50 bits per heavy atom. The van der Waals surface area contributed by atoms with E-state index in [1.54, 1.807) is 0 Å². The van der Waals surface area contributed by atoms with E-state index >= 15 is 0 Å². The third kappa shape index (κ3) is 1.14. The fourth-order valence-electron chi connectivity index (χ4n) is 3.65. The zero-order chi connectivity index (χ0) is 10.6. The van der Waals surface area contributed by atoms with Crippen LogP contribution in [-0.4, -0.2) is 17.4 Å². The fraction of sp³-hybridized carbons (Fsp3) is 0.909. The molecule has 3 heteroatoms. The Bertz CT molecular complexity index is 267. The number of hydrogen-bond donors (Lipinski definition) is 1. The topological polar surface area (TPSA) is 46.5 Å². The van der Waals surface area contributed by atoms with Crippen molar-refractivity contribution in [3.05, 3.63) is 0 Å². The van der Waals surface area contributed by atoms with Gasteiger partial charge in [0.15, 0.2) is 0 Å². The molecule has 0 radical (unpaired) electrons. The van der Waals surface area contributed by atoms with E-state index in [2.05, 4.69) is 20.8 Å². The summed E-state index contributed by atoms with van der Waals surface area (Å²) in [7, 11) is 0. The second-order valence-corrected chi connectivity index (χ2v) is 5.68. The summed E-state index contributed by atoms with van der Waals surface area (Å²) in [6.45, 7) is 6.43. The van der Waals surface area contributed by atoms with Crippen molar-refractivity contribution in [2.24, 2.45) is 16.7 Å². The Balaban J connectivity index is 2.25. The SMILES string of the molecule is CC12CCC(C1)C(C)(C)C2OC(=O)O. The molecule has 2 saturated carbocycles. The van der Waals surface area contributed by atoms with Crippen LogP contribution in [0.5, 0.6) is 0 Å². The molecule has 0 heterocycles. The lowest BCUT2D eigenvalue weighted by Gasteiger charge is -2.40. The van der Waals surface area contributed by atoms with Gasteiger partial charge in [0.25, 0.3) is 0 Å². The molecule has 2 fully saturated rings. The van der Waals surface area contributed by atoms with Crippen molar-refractivity contribution >= 4 is 6.16 Å². The van der Waals surface area contributed by atoms with Gasteiger partial charge in [-0.25, -0.2) is 4.79 Å². The van der Waals surface area contributed by atoms with Gasteiger partial charge in [0.1, 0.15) is 6.10 Å². The van der Waals surface area contributed by atoms with Gasteiger partial charge in [0.05, 0.1) is 0 Å². The van der Waals surface area contributed by atoms with Crippen LogP contribution in [0.3, 0.4) is 0 Å². The van der Waals surface area contributed by atoms with Crippen molar-refractivity contribution in [1.29, 1.82) is 0 Å². The van der Waals surface area contributed by atoms with E-state index in [-0.39, 0.29) is 16.9 Å². The van der Waals surface area contributed by atoms with Crippen LogP contribution in [0.1, 0.15) is 40.0 Å². The van der Waals surface area contributed by atoms with Crippen LogP contribution in [0.25, 0.3) is 0 Å². The molecule has 3 nitrogen and oxygen atoms in total. The van der Waals surface area contributed by atoms with Gasteiger partial charge in [-0.2, -0.15) is 0 Å². The molecule has 2 aliphatic rings. The summed E-state index contributed by atoms with van der Waals surface area (Å²) in [5.41, 5.74) is 0.109. The van der Waals surface area contributed by atoms with Gasteiger partial charge in [-0.1, -0.05) is 20.8 Å². The summed E-state index contributed by atoms with van der Waals surface area (Å²) < 4.78 is 5.08. The predicted octanol–water partition coefficient (Wildman–Crippen LogP) is 2.90. The Hall–Kier alpha value is -0.730. The first kappa shape index (κ1) is 9.81. The molecule has 0 amide bonds. The van der Waals surface area contributed by atoms with Crippen LogP contribution in [0, 0.1) is 16.7 Å². The average molecular weight is 198 g/mol. The molecule has 0 saturated heterocycles. The first-order valence-corrected chi connectivity index (χ1v) is 5.26. The van der Waals surface area contributed by atoms with Crippen molar-refractivity contribution in [1.82, 2.24) is 0 Å². The summed E-state index contributed by atoms with van der Waals surface area (Å²) in [5.74, 6) is 0.636. The highest BCUT2D eigenvalue weighted by Crippen LogP contribution is 2.63. The van der Waals surface area contributed by atoms with E-state index in [0.29, 0.717) is 5.92 Å². The predicted molar refractivity (Wildman–Crippen MR) is 52.1 cm³/mol. The average Bonchev–Trinajstić information content (AvgIpc) is 2.49. The third-order valence-corrected chi connectivity index (χ3v) is 4.36. The van der Waals surface area contributed by atoms with Crippen molar-refractivity contribution in [3.8, 4) is 0 Å². The number of carboxylic acid groups (broad SMARTS) is 1. The van der Waals surface area contributed by atoms with E-state index in [1.807, 2.05) is 0 Å². The molecule has 3 unspecified atom stereocenters. The van der Waals surface area contributed by atoms with E-state index in [0.717, 1.165) is 12.8 Å². The summed E-state index contributed by atoms with van der Waals surface area (Å²) in [5, 5.41) is 8.73. The van der Waals surface area contributed by atoms with Crippen LogP contribution in [0.15, 0.2) is 0 Å². The standard InChI is InChI=1S/C11H18O3/c1-10(2)7-4-5-11(3,6-7)8(10)14-9(12)13/h7-8H,4-6H2,1-3H3,(H,12,13). The highest BCUT2D eigenvalue weighted by Gasteiger charge is 2.61. The van der Waals surface area contributed by atoms with Crippen LogP contribution in [0.2, 0.25) is 0 Å². The molecule has 0 aromatic rings. The molecule has 3 atom stereocenters. The van der Waals surface area contributed by atoms with Gasteiger partial charge < -0.3 is 9.84 Å². The van der Waals surface area contributed by atoms with Crippen LogP contribution in [-0.2, 0) is 4.74 Å². The highest BCUT2D eigenvalue weighted by molar-refractivity contribution is 5.57. The smallest absolute Gasteiger partial charge is 0.450 e. The zero-order valence-corrected chi connectivity index (χ0v) is 9.04. The number of rotatable bonds is 1. The van der Waals surface area contributed by atoms with Gasteiger partial charge in [-0.3, -0.25) is 0 Å². The van der Waals surface area contributed by atoms with Gasteiger partial charge >= 0.3 is 6.16 Å². The fourth-order valence-corrected chi connectivity index (χ4v) is 3.65. The van der Waals surface area contributed by atoms with E-state index < -0.39 is 6.16 Å². The van der Waals surface area contributed by atoms with Gasteiger partial charge in [-0.15, -0.1) is 0 Å². The largest absolute Gasteiger partial charge is 0.506 e. The Labute approximate surface area is 84.4 Å². The van der Waals surface area contributed by atoms with Crippen LogP contribution < -0.4 is 0 Å². The first-order valence-electron chi connectivity index (χ1n) is 5.26. The Morgan fingerprint density at radius 2 is 2.07 bits per heavy atom. The molecule has 2 aliphatic carbocycles. The first-order chi connectivity index (χ1) is 6.36. The van der Waals surface area contributed by atoms with Crippen LogP contribution >= 0.6 is 0 Å². The summed E-state index contributed by atoms with van der Waals surface area (Å²) in [4.78, 5) is 10.6. The number of fused-ring (bicyclic) bond motifs is 2. The molecule has 0 aliphatic heterocycles. The molecule has 0 aromatic heterocycles. The van der Waals surface area contributed by atoms with Crippen molar-refractivity contribution in [2.75, 3.05) is 0 Å². The maximum Gasteiger partial charge on any atom is 0.506 e. The highest BCUT2D eigenvalue weighted by atomic mass is 16.7. The van der Waals surface area contributed by atoms with Crippen molar-refractivity contribution in [2.45, 2.75) is 46.1 Å². The second-order valence-electron chi connectivity index (χ2n) is 5.68. The molecular formula is C11H18O3. The van der Waals surface area contributed by atoms with Gasteiger partial charge in [-0.05, 0) is 25.2 Å². The van der Waals surface area contributed by atoms with Crippen molar-refractivity contribution < 1.29 is 14.6 Å². The minimum atomic E-state index is -1.13. The molecular weight excluding hydrogens is 180 g/mol. The molecule has 2 rings (SSSR count). The maximum atomic E-state index is 10.6. The zero-order valence-electron chi connectivity index (χ0n) is 9.04. The lowest BCUT2D eigenvalue weighted by molar-refractivity contribution is -0.0634. The number of ether oxygens (including phenoxy) is 1. The minimum Gasteiger partial charge on any atom is -0.450 e. The Kier molecular flexibility index (Phi) is 1.85. The van der Waals surface area contributed by atoms with Gasteiger partial charge in [0, 0.05) is 10.8 Å². The monoisotopic (exact) mass is 198 g/mol. The Morgan fingerprint density at radius 1 is 1.43 bits per heavy atom. The molecule has 1 N–H and O–H groups in total. The third-order valence-electron chi connectivity index (χ3n) is 4.36. The lowest BCUT2D eigenvalue weighted by atomic mass is 9.70. The number of hydrogen-bond acceptors (Lipinski definition) is 2. The molecule has 0 spiro atoms. The van der Waals surface area contributed by atoms with E-state index in [4.69, 9.17) is 9.84 Å². The molecule has 0 aromatic carbocycles. The summed E-state index contributed by atoms with van der Waals surface area (Å²) in [6, 6.07) is 0. The van der Waals surface area contributed by atoms with Crippen LogP contribution in [0.4, 0.5) is 4.79 Å². The van der Waals surface area contributed by atoms with E-state index in [1.165, 1.54) is 6.42 Å². The van der Waals surface area contributed by atoms with Gasteiger partial charge in [0.2, 0.25) is 0 Å². The minimum absolute atomic E-state index is 0.0192. The molecule has 2 bridgehead atoms. The maximum absolute atomic E-state index is 10.6. The van der Waals surface area contributed by atoms with Crippen molar-refractivity contribution in [3.63, 3.8) is 0 Å². The summed E-state index contributed by atoms with van der Waals surface area (Å²) in [6.07, 6.45) is 2.21. The quantitative estimate of drug-likeness (QED) is 0.659. The summed E-state index contributed by atoms with van der Waals surface area (Å²) >= 11 is 0.